The van der Waals surface area contributed by atoms with Crippen LogP contribution < -0.4 is 10.9 Å². The lowest BCUT2D eigenvalue weighted by molar-refractivity contribution is -0.142. The molecule has 0 radical (unpaired) electrons. The van der Waals surface area contributed by atoms with Gasteiger partial charge in [-0.05, 0) is 12.5 Å². The number of carbonyl (C=O) groups excluding carboxylic acids is 1. The summed E-state index contributed by atoms with van der Waals surface area (Å²) < 4.78 is 6.30. The molecule has 114 valence electrons. The Bertz CT molecular complexity index is 598. The molecule has 8 heteroatoms. The van der Waals surface area contributed by atoms with Gasteiger partial charge in [-0.25, -0.2) is 4.68 Å². The fourth-order valence-corrected chi connectivity index (χ4v) is 2.12. The molecule has 1 aliphatic heterocycles. The number of hydrogen-bond donors (Lipinski definition) is 2. The summed E-state index contributed by atoms with van der Waals surface area (Å²) in [5.74, 6) is -2.29. The topological polar surface area (TPSA) is 111 Å². The highest BCUT2D eigenvalue weighted by Gasteiger charge is 2.35. The Labute approximate surface area is 120 Å². The second kappa shape index (κ2) is 6.49. The zero-order valence-electron chi connectivity index (χ0n) is 11.6. The van der Waals surface area contributed by atoms with E-state index < -0.39 is 23.8 Å². The molecule has 1 aromatic rings. The number of ether oxygens (including phenoxy) is 1. The number of carbonyl (C=O) groups is 2. The van der Waals surface area contributed by atoms with Gasteiger partial charge in [0, 0.05) is 12.6 Å². The van der Waals surface area contributed by atoms with Gasteiger partial charge in [0.15, 0.2) is 0 Å². The number of aryl methyl sites for hydroxylation is 1. The van der Waals surface area contributed by atoms with Crippen molar-refractivity contribution in [2.75, 3.05) is 13.2 Å². The first-order valence-corrected chi connectivity index (χ1v) is 6.72. The maximum atomic E-state index is 12.1. The Morgan fingerprint density at radius 3 is 2.90 bits per heavy atom. The first-order valence-electron chi connectivity index (χ1n) is 6.72. The van der Waals surface area contributed by atoms with Gasteiger partial charge < -0.3 is 15.2 Å². The van der Waals surface area contributed by atoms with Gasteiger partial charge in [0.1, 0.15) is 11.6 Å². The number of aromatic nitrogens is 2. The molecule has 0 bridgehead atoms. The summed E-state index contributed by atoms with van der Waals surface area (Å²) in [5, 5.41) is 15.6. The predicted octanol–water partition coefficient (Wildman–Crippen LogP) is -0.517. The van der Waals surface area contributed by atoms with Crippen LogP contribution in [0.3, 0.4) is 0 Å². The summed E-state index contributed by atoms with van der Waals surface area (Å²) in [7, 11) is 0. The molecule has 2 heterocycles. The molecule has 0 spiro atoms. The van der Waals surface area contributed by atoms with Crippen LogP contribution in [-0.2, 0) is 16.1 Å². The van der Waals surface area contributed by atoms with E-state index in [1.54, 1.807) is 0 Å². The van der Waals surface area contributed by atoms with Crippen molar-refractivity contribution in [3.8, 4) is 0 Å². The lowest BCUT2D eigenvalue weighted by Crippen LogP contribution is -2.43. The minimum Gasteiger partial charge on any atom is -0.481 e. The Balaban J connectivity index is 2.11. The van der Waals surface area contributed by atoms with E-state index in [1.165, 1.54) is 16.8 Å². The molecule has 2 N–H and O–H groups in total. The standard InChI is InChI=1S/C13H17N3O5/c1-2-5-16-11(17)4-3-9(15-16)12(18)14-10-7-21-6-8(10)13(19)20/h3-4,8,10H,2,5-7H2,1H3,(H,14,18)(H,19,20). The largest absolute Gasteiger partial charge is 0.481 e. The highest BCUT2D eigenvalue weighted by atomic mass is 16.5. The lowest BCUT2D eigenvalue weighted by atomic mass is 10.0. The highest BCUT2D eigenvalue weighted by Crippen LogP contribution is 2.14. The zero-order valence-corrected chi connectivity index (χ0v) is 11.6. The number of carboxylic acids is 1. The van der Waals surface area contributed by atoms with Crippen molar-refractivity contribution in [1.29, 1.82) is 0 Å². The summed E-state index contributed by atoms with van der Waals surface area (Å²) in [5.41, 5.74) is -0.194. The number of rotatable bonds is 5. The molecular formula is C13H17N3O5. The van der Waals surface area contributed by atoms with Crippen LogP contribution in [0.1, 0.15) is 23.8 Å². The monoisotopic (exact) mass is 295 g/mol. The van der Waals surface area contributed by atoms with E-state index in [9.17, 15) is 14.4 Å². The van der Waals surface area contributed by atoms with Crippen molar-refractivity contribution < 1.29 is 19.4 Å². The molecule has 0 saturated carbocycles. The van der Waals surface area contributed by atoms with E-state index in [4.69, 9.17) is 9.84 Å². The molecule has 1 aromatic heterocycles. The van der Waals surface area contributed by atoms with Crippen molar-refractivity contribution in [3.05, 3.63) is 28.2 Å². The van der Waals surface area contributed by atoms with Crippen LogP contribution in [0.4, 0.5) is 0 Å². The zero-order chi connectivity index (χ0) is 15.4. The van der Waals surface area contributed by atoms with Crippen molar-refractivity contribution in [2.24, 2.45) is 5.92 Å². The Morgan fingerprint density at radius 2 is 2.24 bits per heavy atom. The summed E-state index contributed by atoms with van der Waals surface area (Å²) in [6, 6.07) is 2.01. The van der Waals surface area contributed by atoms with E-state index in [2.05, 4.69) is 10.4 Å². The van der Waals surface area contributed by atoms with E-state index in [-0.39, 0.29) is 24.5 Å². The highest BCUT2D eigenvalue weighted by molar-refractivity contribution is 5.92. The van der Waals surface area contributed by atoms with Gasteiger partial charge in [0.05, 0.1) is 19.3 Å². The predicted molar refractivity (Wildman–Crippen MR) is 72.0 cm³/mol. The molecule has 8 nitrogen and oxygen atoms in total. The molecule has 1 aliphatic rings. The Kier molecular flexibility index (Phi) is 4.69. The van der Waals surface area contributed by atoms with Gasteiger partial charge in [-0.2, -0.15) is 5.10 Å². The molecule has 1 saturated heterocycles. The molecule has 0 aromatic carbocycles. The Hall–Kier alpha value is -2.22. The summed E-state index contributed by atoms with van der Waals surface area (Å²) in [6.45, 7) is 2.54. The number of aliphatic carboxylic acids is 1. The molecule has 21 heavy (non-hydrogen) atoms. The quantitative estimate of drug-likeness (QED) is 0.756. The van der Waals surface area contributed by atoms with Gasteiger partial charge in [-0.15, -0.1) is 0 Å². The van der Waals surface area contributed by atoms with E-state index >= 15 is 0 Å². The normalized spacial score (nSPS) is 21.2. The summed E-state index contributed by atoms with van der Waals surface area (Å²) >= 11 is 0. The first-order chi connectivity index (χ1) is 10.0. The molecule has 2 atom stereocenters. The van der Waals surface area contributed by atoms with E-state index in [0.717, 1.165) is 6.42 Å². The average molecular weight is 295 g/mol. The molecular weight excluding hydrogens is 278 g/mol. The number of nitrogens with one attached hydrogen (secondary N) is 1. The lowest BCUT2D eigenvalue weighted by Gasteiger charge is -2.15. The molecule has 2 rings (SSSR count). The third-order valence-electron chi connectivity index (χ3n) is 3.25. The van der Waals surface area contributed by atoms with Gasteiger partial charge in [0.2, 0.25) is 0 Å². The van der Waals surface area contributed by atoms with Gasteiger partial charge >= 0.3 is 5.97 Å². The minimum atomic E-state index is -1.01. The van der Waals surface area contributed by atoms with Crippen molar-refractivity contribution >= 4 is 11.9 Å². The maximum Gasteiger partial charge on any atom is 0.311 e. The maximum absolute atomic E-state index is 12.1. The van der Waals surface area contributed by atoms with Gasteiger partial charge in [0.25, 0.3) is 11.5 Å². The fraction of sp³-hybridized carbons (Fsp3) is 0.538. The fourth-order valence-electron chi connectivity index (χ4n) is 2.12. The van der Waals surface area contributed by atoms with Crippen LogP contribution in [0.2, 0.25) is 0 Å². The van der Waals surface area contributed by atoms with E-state index in [0.29, 0.717) is 6.54 Å². The van der Waals surface area contributed by atoms with Crippen molar-refractivity contribution in [3.63, 3.8) is 0 Å². The van der Waals surface area contributed by atoms with Crippen LogP contribution in [0.25, 0.3) is 0 Å². The Morgan fingerprint density at radius 1 is 1.48 bits per heavy atom. The van der Waals surface area contributed by atoms with Crippen molar-refractivity contribution in [1.82, 2.24) is 15.1 Å². The van der Waals surface area contributed by atoms with Crippen molar-refractivity contribution in [2.45, 2.75) is 25.9 Å². The molecule has 2 unspecified atom stereocenters. The second-order valence-electron chi connectivity index (χ2n) is 4.84. The van der Waals surface area contributed by atoms with Crippen LogP contribution in [-0.4, -0.2) is 46.0 Å². The van der Waals surface area contributed by atoms with Gasteiger partial charge in [-0.3, -0.25) is 14.4 Å². The van der Waals surface area contributed by atoms with Crippen LogP contribution in [0.5, 0.6) is 0 Å². The van der Waals surface area contributed by atoms with Crippen LogP contribution in [0.15, 0.2) is 16.9 Å². The molecule has 1 fully saturated rings. The summed E-state index contributed by atoms with van der Waals surface area (Å²) in [6.07, 6.45) is 0.718. The second-order valence-corrected chi connectivity index (χ2v) is 4.84. The molecule has 1 amide bonds. The van der Waals surface area contributed by atoms with Gasteiger partial charge in [-0.1, -0.05) is 6.92 Å². The summed E-state index contributed by atoms with van der Waals surface area (Å²) in [4.78, 5) is 34.7. The number of carboxylic acid groups (broad SMARTS) is 1. The number of nitrogens with zero attached hydrogens (tertiary/aromatic N) is 2. The third-order valence-corrected chi connectivity index (χ3v) is 3.25. The minimum absolute atomic E-state index is 0.0725. The average Bonchev–Trinajstić information content (AvgIpc) is 2.89. The SMILES string of the molecule is CCCn1nc(C(=O)NC2COCC2C(=O)O)ccc1=O. The number of hydrogen-bond acceptors (Lipinski definition) is 5. The smallest absolute Gasteiger partial charge is 0.311 e. The van der Waals surface area contributed by atoms with Crippen LogP contribution in [0, 0.1) is 5.92 Å². The molecule has 0 aliphatic carbocycles. The first kappa shape index (κ1) is 15.2. The third kappa shape index (κ3) is 3.46. The van der Waals surface area contributed by atoms with Crippen LogP contribution >= 0.6 is 0 Å². The van der Waals surface area contributed by atoms with E-state index in [1.807, 2.05) is 6.92 Å². The number of amides is 1.